The second kappa shape index (κ2) is 1.22. The highest BCUT2D eigenvalue weighted by atomic mass is 15.0. The highest BCUT2D eigenvalue weighted by Gasteiger charge is 2.34. The van der Waals surface area contributed by atoms with Crippen molar-refractivity contribution in [3.8, 4) is 0 Å². The average molecular weight is 98.2 g/mol. The first-order valence-electron chi connectivity index (χ1n) is 3.28. The molecule has 1 nitrogen and oxygen atoms in total. The Kier molecular flexibility index (Phi) is 0.680. The van der Waals surface area contributed by atoms with Gasteiger partial charge in [0.25, 0.3) is 0 Å². The van der Waals surface area contributed by atoms with Gasteiger partial charge < -0.3 is 5.32 Å². The first-order chi connectivity index (χ1) is 3.45. The Morgan fingerprint density at radius 3 is 2.43 bits per heavy atom. The van der Waals surface area contributed by atoms with Crippen molar-refractivity contribution < 1.29 is 5.32 Å². The van der Waals surface area contributed by atoms with Crippen molar-refractivity contribution in [3.63, 3.8) is 0 Å². The summed E-state index contributed by atoms with van der Waals surface area (Å²) in [6, 6.07) is 1.05. The molecule has 1 heterocycles. The van der Waals surface area contributed by atoms with E-state index in [0.29, 0.717) is 0 Å². The van der Waals surface area contributed by atoms with Crippen LogP contribution in [0, 0.1) is 5.92 Å². The van der Waals surface area contributed by atoms with E-state index in [0.717, 1.165) is 12.0 Å². The van der Waals surface area contributed by atoms with Crippen LogP contribution in [0.3, 0.4) is 0 Å². The van der Waals surface area contributed by atoms with E-state index in [9.17, 15) is 0 Å². The number of quaternary nitrogens is 1. The second-order valence-electron chi connectivity index (χ2n) is 2.91. The molecule has 2 aliphatic rings. The van der Waals surface area contributed by atoms with Gasteiger partial charge in [0.05, 0.1) is 12.6 Å². The van der Waals surface area contributed by atoms with Gasteiger partial charge in [0, 0.05) is 12.3 Å². The Labute approximate surface area is 44.1 Å². The molecule has 1 aliphatic heterocycles. The molecule has 0 amide bonds. The maximum Gasteiger partial charge on any atom is 0.0864 e. The Bertz CT molecular complexity index is 62.2. The first-order valence-corrected chi connectivity index (χ1v) is 3.28. The van der Waals surface area contributed by atoms with Crippen LogP contribution in [0.15, 0.2) is 0 Å². The number of piperidine rings is 1. The zero-order valence-corrected chi connectivity index (χ0v) is 4.56. The molecule has 2 rings (SSSR count). The lowest BCUT2D eigenvalue weighted by Gasteiger charge is -2.04. The zero-order chi connectivity index (χ0) is 4.69. The summed E-state index contributed by atoms with van der Waals surface area (Å²) in [7, 11) is 0. The minimum absolute atomic E-state index is 1.05. The number of fused-ring (bicyclic) bond motifs is 2. The Hall–Kier alpha value is -0.0400. The molecule has 7 heavy (non-hydrogen) atoms. The van der Waals surface area contributed by atoms with E-state index in [1.807, 2.05) is 0 Å². The predicted octanol–water partition coefficient (Wildman–Crippen LogP) is -0.268. The lowest BCUT2D eigenvalue weighted by molar-refractivity contribution is -0.677. The van der Waals surface area contributed by atoms with Crippen LogP contribution in [0.1, 0.15) is 19.3 Å². The van der Waals surface area contributed by atoms with Gasteiger partial charge in [-0.3, -0.25) is 0 Å². The summed E-state index contributed by atoms with van der Waals surface area (Å²) in [5.74, 6) is 1.12. The van der Waals surface area contributed by atoms with E-state index in [-0.39, 0.29) is 0 Å². The molecule has 0 aromatic rings. The summed E-state index contributed by atoms with van der Waals surface area (Å²) in [6.07, 6.45) is 4.56. The summed E-state index contributed by atoms with van der Waals surface area (Å²) < 4.78 is 0. The summed E-state index contributed by atoms with van der Waals surface area (Å²) in [4.78, 5) is 0. The van der Waals surface area contributed by atoms with Crippen LogP contribution in [0.2, 0.25) is 0 Å². The Balaban J connectivity index is 2.12. The van der Waals surface area contributed by atoms with Crippen molar-refractivity contribution >= 4 is 0 Å². The topological polar surface area (TPSA) is 16.6 Å². The molecule has 0 spiro atoms. The summed E-state index contributed by atoms with van der Waals surface area (Å²) in [6.45, 7) is 1.44. The molecule has 2 bridgehead atoms. The van der Waals surface area contributed by atoms with Crippen molar-refractivity contribution in [2.45, 2.75) is 25.3 Å². The van der Waals surface area contributed by atoms with Gasteiger partial charge in [0.1, 0.15) is 0 Å². The van der Waals surface area contributed by atoms with Gasteiger partial charge in [-0.15, -0.1) is 0 Å². The van der Waals surface area contributed by atoms with Gasteiger partial charge in [-0.05, 0) is 12.8 Å². The molecule has 0 radical (unpaired) electrons. The van der Waals surface area contributed by atoms with Crippen LogP contribution in [0.25, 0.3) is 0 Å². The molecule has 2 N–H and O–H groups in total. The minimum Gasteiger partial charge on any atom is -0.344 e. The van der Waals surface area contributed by atoms with E-state index >= 15 is 0 Å². The third-order valence-electron chi connectivity index (χ3n) is 2.38. The molecule has 1 aliphatic carbocycles. The largest absolute Gasteiger partial charge is 0.344 e. The SMILES string of the molecule is C1C[C@H]2C[C@@H]1C[NH2+]2. The van der Waals surface area contributed by atoms with E-state index in [2.05, 4.69) is 5.32 Å². The molecule has 0 aromatic carbocycles. The summed E-state index contributed by atoms with van der Waals surface area (Å²) in [5.41, 5.74) is 0. The highest BCUT2D eigenvalue weighted by Crippen LogP contribution is 2.25. The standard InChI is InChI=1S/C6H11N/c1-2-6-3-5(1)4-7-6/h5-7H,1-4H2/p+1/t5-,6+/m1/s1. The van der Waals surface area contributed by atoms with Crippen LogP contribution in [0.4, 0.5) is 0 Å². The molecular weight excluding hydrogens is 86.1 g/mol. The summed E-state index contributed by atoms with van der Waals surface area (Å²) >= 11 is 0. The zero-order valence-electron chi connectivity index (χ0n) is 4.56. The monoisotopic (exact) mass is 98.1 g/mol. The Morgan fingerprint density at radius 1 is 1.29 bits per heavy atom. The van der Waals surface area contributed by atoms with Crippen molar-refractivity contribution in [1.29, 1.82) is 0 Å². The van der Waals surface area contributed by atoms with Gasteiger partial charge in [-0.2, -0.15) is 0 Å². The number of hydrogen-bond donors (Lipinski definition) is 1. The molecule has 2 fully saturated rings. The van der Waals surface area contributed by atoms with E-state index < -0.39 is 0 Å². The van der Waals surface area contributed by atoms with Crippen molar-refractivity contribution in [1.82, 2.24) is 0 Å². The molecule has 40 valence electrons. The predicted molar refractivity (Wildman–Crippen MR) is 27.9 cm³/mol. The molecule has 1 saturated carbocycles. The maximum absolute atomic E-state index is 2.51. The number of nitrogens with two attached hydrogens (primary N) is 1. The van der Waals surface area contributed by atoms with Crippen LogP contribution in [-0.4, -0.2) is 12.6 Å². The quantitative estimate of drug-likeness (QED) is 0.429. The molecule has 2 atom stereocenters. The fourth-order valence-electron chi connectivity index (χ4n) is 1.93. The lowest BCUT2D eigenvalue weighted by Crippen LogP contribution is -2.87. The smallest absolute Gasteiger partial charge is 0.0864 e. The van der Waals surface area contributed by atoms with Crippen molar-refractivity contribution in [3.05, 3.63) is 0 Å². The highest BCUT2D eigenvalue weighted by molar-refractivity contribution is 4.77. The van der Waals surface area contributed by atoms with Crippen molar-refractivity contribution in [2.24, 2.45) is 5.92 Å². The first kappa shape index (κ1) is 3.90. The Morgan fingerprint density at radius 2 is 2.29 bits per heavy atom. The van der Waals surface area contributed by atoms with Gasteiger partial charge in [0.15, 0.2) is 0 Å². The molecular formula is C6H12N+. The van der Waals surface area contributed by atoms with Crippen LogP contribution in [0.5, 0.6) is 0 Å². The van der Waals surface area contributed by atoms with Gasteiger partial charge in [0.2, 0.25) is 0 Å². The van der Waals surface area contributed by atoms with E-state index in [1.165, 1.54) is 25.8 Å². The average Bonchev–Trinajstić information content (AvgIpc) is 2.22. The maximum atomic E-state index is 2.51. The fraction of sp³-hybridized carbons (Fsp3) is 1.00. The van der Waals surface area contributed by atoms with Crippen LogP contribution >= 0.6 is 0 Å². The molecule has 1 saturated heterocycles. The summed E-state index contributed by atoms with van der Waals surface area (Å²) in [5, 5.41) is 2.51. The van der Waals surface area contributed by atoms with Crippen molar-refractivity contribution in [2.75, 3.05) is 6.54 Å². The number of hydrogen-bond acceptors (Lipinski definition) is 0. The molecule has 0 unspecified atom stereocenters. The molecule has 1 heteroatoms. The minimum atomic E-state index is 1.05. The van der Waals surface area contributed by atoms with Gasteiger partial charge in [-0.25, -0.2) is 0 Å². The molecule has 0 aromatic heterocycles. The third kappa shape index (κ3) is 0.480. The van der Waals surface area contributed by atoms with Crippen LogP contribution in [-0.2, 0) is 0 Å². The van der Waals surface area contributed by atoms with Gasteiger partial charge >= 0.3 is 0 Å². The van der Waals surface area contributed by atoms with E-state index in [4.69, 9.17) is 0 Å². The third-order valence-corrected chi connectivity index (χ3v) is 2.38. The fourth-order valence-corrected chi connectivity index (χ4v) is 1.93. The number of rotatable bonds is 0. The second-order valence-corrected chi connectivity index (χ2v) is 2.91. The normalized spacial score (nSPS) is 48.0. The van der Waals surface area contributed by atoms with Crippen LogP contribution < -0.4 is 5.32 Å². The van der Waals surface area contributed by atoms with E-state index in [1.54, 1.807) is 0 Å². The van der Waals surface area contributed by atoms with Gasteiger partial charge in [-0.1, -0.05) is 0 Å². The lowest BCUT2D eigenvalue weighted by atomic mass is 10.1.